The summed E-state index contributed by atoms with van der Waals surface area (Å²) in [6.45, 7) is 6.97. The van der Waals surface area contributed by atoms with Gasteiger partial charge in [0.2, 0.25) is 0 Å². The van der Waals surface area contributed by atoms with Crippen LogP contribution in [-0.2, 0) is 16.1 Å². The normalized spacial score (nSPS) is 23.1. The molecule has 0 saturated heterocycles. The van der Waals surface area contributed by atoms with Gasteiger partial charge in [0.15, 0.2) is 0 Å². The van der Waals surface area contributed by atoms with Crippen molar-refractivity contribution in [1.29, 1.82) is 0 Å². The fourth-order valence-corrected chi connectivity index (χ4v) is 4.07. The van der Waals surface area contributed by atoms with Gasteiger partial charge in [-0.2, -0.15) is 0 Å². The molecule has 2 unspecified atom stereocenters. The van der Waals surface area contributed by atoms with Crippen LogP contribution in [-0.4, -0.2) is 52.8 Å². The zero-order valence-electron chi connectivity index (χ0n) is 16.6. The van der Waals surface area contributed by atoms with E-state index in [1.165, 1.54) is 5.57 Å². The topological polar surface area (TPSA) is 59.1 Å². The van der Waals surface area contributed by atoms with Crippen molar-refractivity contribution in [3.8, 4) is 0 Å². The van der Waals surface area contributed by atoms with Crippen molar-refractivity contribution >= 4 is 12.2 Å². The number of carbonyl (C=O) groups is 2. The van der Waals surface area contributed by atoms with Gasteiger partial charge in [-0.1, -0.05) is 42.5 Å². The van der Waals surface area contributed by atoms with Crippen LogP contribution in [0.1, 0.15) is 32.8 Å². The molecule has 6 nitrogen and oxygen atoms in total. The lowest BCUT2D eigenvalue weighted by molar-refractivity contribution is 0.0238. The van der Waals surface area contributed by atoms with E-state index in [-0.39, 0.29) is 30.9 Å². The van der Waals surface area contributed by atoms with E-state index >= 15 is 0 Å². The molecule has 0 radical (unpaired) electrons. The average Bonchev–Trinajstić information content (AvgIpc) is 3.22. The highest BCUT2D eigenvalue weighted by Gasteiger charge is 2.48. The van der Waals surface area contributed by atoms with Crippen molar-refractivity contribution in [1.82, 2.24) is 9.80 Å². The first-order valence-electron chi connectivity index (χ1n) is 9.70. The number of hydrogen-bond acceptors (Lipinski definition) is 4. The molecule has 148 valence electrons. The molecule has 2 bridgehead atoms. The molecule has 2 amide bonds. The Hall–Kier alpha value is -2.76. The van der Waals surface area contributed by atoms with Gasteiger partial charge in [-0.05, 0) is 43.9 Å². The quantitative estimate of drug-likeness (QED) is 0.729. The molecule has 28 heavy (non-hydrogen) atoms. The van der Waals surface area contributed by atoms with E-state index < -0.39 is 5.60 Å². The third kappa shape index (κ3) is 3.51. The summed E-state index contributed by atoms with van der Waals surface area (Å²) in [4.78, 5) is 28.7. The highest BCUT2D eigenvalue weighted by Crippen LogP contribution is 2.42. The summed E-state index contributed by atoms with van der Waals surface area (Å²) in [5.74, 6) is 0. The number of hydrogen-bond donors (Lipinski definition) is 0. The standard InChI is InChI=1S/C22H26N2O4/c1-22(2,3)28-21(26)24-18-9-10-19(24)17-13-23(12-11-16(17)18)20(25)27-14-15-7-5-4-6-8-15/h4-10,18-19H,11-14H2,1-3H3. The van der Waals surface area contributed by atoms with E-state index in [0.29, 0.717) is 13.1 Å². The molecule has 0 N–H and O–H groups in total. The minimum absolute atomic E-state index is 0.0441. The summed E-state index contributed by atoms with van der Waals surface area (Å²) >= 11 is 0. The fraction of sp³-hybridized carbons (Fsp3) is 0.455. The predicted molar refractivity (Wildman–Crippen MR) is 105 cm³/mol. The molecular weight excluding hydrogens is 356 g/mol. The number of carbonyl (C=O) groups excluding carboxylic acids is 2. The molecule has 0 spiro atoms. The third-order valence-corrected chi connectivity index (χ3v) is 5.28. The Balaban J connectivity index is 1.40. The predicted octanol–water partition coefficient (Wildman–Crippen LogP) is 3.88. The van der Waals surface area contributed by atoms with E-state index in [0.717, 1.165) is 17.6 Å². The molecule has 0 saturated carbocycles. The van der Waals surface area contributed by atoms with Crippen LogP contribution >= 0.6 is 0 Å². The average molecular weight is 382 g/mol. The van der Waals surface area contributed by atoms with Crippen molar-refractivity contribution in [2.24, 2.45) is 0 Å². The fourth-order valence-electron chi connectivity index (χ4n) is 4.07. The Morgan fingerprint density at radius 2 is 1.71 bits per heavy atom. The lowest BCUT2D eigenvalue weighted by Crippen LogP contribution is -2.42. The summed E-state index contributed by atoms with van der Waals surface area (Å²) < 4.78 is 11.1. The molecule has 2 atom stereocenters. The Kier molecular flexibility index (Phi) is 4.65. The van der Waals surface area contributed by atoms with Gasteiger partial charge in [0, 0.05) is 13.1 Å². The second kappa shape index (κ2) is 7.00. The van der Waals surface area contributed by atoms with Crippen molar-refractivity contribution < 1.29 is 19.1 Å². The van der Waals surface area contributed by atoms with Gasteiger partial charge >= 0.3 is 12.2 Å². The number of benzene rings is 1. The van der Waals surface area contributed by atoms with Crippen molar-refractivity contribution in [2.75, 3.05) is 13.1 Å². The van der Waals surface area contributed by atoms with Crippen LogP contribution in [0.4, 0.5) is 9.59 Å². The van der Waals surface area contributed by atoms with Crippen LogP contribution in [0, 0.1) is 0 Å². The summed E-state index contributed by atoms with van der Waals surface area (Å²) in [5.41, 5.74) is 2.80. The first-order chi connectivity index (χ1) is 13.3. The highest BCUT2D eigenvalue weighted by molar-refractivity contribution is 5.75. The second-order valence-corrected chi connectivity index (χ2v) is 8.42. The van der Waals surface area contributed by atoms with Crippen LogP contribution in [0.3, 0.4) is 0 Å². The van der Waals surface area contributed by atoms with Crippen LogP contribution < -0.4 is 0 Å². The van der Waals surface area contributed by atoms with Gasteiger partial charge in [0.05, 0.1) is 12.1 Å². The molecule has 3 heterocycles. The number of ether oxygens (including phenoxy) is 2. The first kappa shape index (κ1) is 18.6. The van der Waals surface area contributed by atoms with Gasteiger partial charge in [-0.3, -0.25) is 4.90 Å². The summed E-state index contributed by atoms with van der Waals surface area (Å²) in [6, 6.07) is 9.48. The third-order valence-electron chi connectivity index (χ3n) is 5.28. The molecule has 1 aromatic rings. The number of amides is 2. The lowest BCUT2D eigenvalue weighted by Gasteiger charge is -2.30. The molecule has 1 aromatic carbocycles. The summed E-state index contributed by atoms with van der Waals surface area (Å²) in [7, 11) is 0. The SMILES string of the molecule is CC(C)(C)OC(=O)N1C2C=CC1C1=C2CCN(C(=O)OCc2ccccc2)C1. The van der Waals surface area contributed by atoms with Crippen molar-refractivity contribution in [2.45, 2.75) is 51.5 Å². The molecular formula is C22H26N2O4. The van der Waals surface area contributed by atoms with Gasteiger partial charge in [0.1, 0.15) is 12.2 Å². The van der Waals surface area contributed by atoms with E-state index in [1.54, 1.807) is 9.80 Å². The van der Waals surface area contributed by atoms with Gasteiger partial charge in [0.25, 0.3) is 0 Å². The largest absolute Gasteiger partial charge is 0.445 e. The maximum absolute atomic E-state index is 12.7. The molecule has 0 aromatic heterocycles. The summed E-state index contributed by atoms with van der Waals surface area (Å²) in [6.07, 6.45) is 4.23. The maximum atomic E-state index is 12.7. The summed E-state index contributed by atoms with van der Waals surface area (Å²) in [5, 5.41) is 0. The Labute approximate surface area is 165 Å². The molecule has 3 aliphatic rings. The Morgan fingerprint density at radius 3 is 2.39 bits per heavy atom. The molecule has 3 aliphatic heterocycles. The zero-order chi connectivity index (χ0) is 19.9. The van der Waals surface area contributed by atoms with Crippen LogP contribution in [0.25, 0.3) is 0 Å². The monoisotopic (exact) mass is 382 g/mol. The molecule has 4 rings (SSSR count). The first-order valence-corrected chi connectivity index (χ1v) is 9.70. The van der Waals surface area contributed by atoms with Crippen LogP contribution in [0.15, 0.2) is 53.6 Å². The lowest BCUT2D eigenvalue weighted by atomic mass is 9.91. The Morgan fingerprint density at radius 1 is 1.04 bits per heavy atom. The van der Waals surface area contributed by atoms with Crippen LogP contribution in [0.5, 0.6) is 0 Å². The Bertz CT molecular complexity index is 838. The number of nitrogens with zero attached hydrogens (tertiary/aromatic N) is 2. The van der Waals surface area contributed by atoms with Gasteiger partial charge in [-0.15, -0.1) is 0 Å². The van der Waals surface area contributed by atoms with Crippen LogP contribution in [0.2, 0.25) is 0 Å². The number of fused-ring (bicyclic) bond motifs is 4. The highest BCUT2D eigenvalue weighted by atomic mass is 16.6. The zero-order valence-corrected chi connectivity index (χ0v) is 16.6. The van der Waals surface area contributed by atoms with E-state index in [9.17, 15) is 9.59 Å². The molecule has 0 fully saturated rings. The second-order valence-electron chi connectivity index (χ2n) is 8.42. The maximum Gasteiger partial charge on any atom is 0.411 e. The van der Waals surface area contributed by atoms with E-state index in [1.807, 2.05) is 57.2 Å². The van der Waals surface area contributed by atoms with Crippen molar-refractivity contribution in [3.63, 3.8) is 0 Å². The van der Waals surface area contributed by atoms with E-state index in [4.69, 9.17) is 9.47 Å². The molecule has 0 aliphatic carbocycles. The van der Waals surface area contributed by atoms with E-state index in [2.05, 4.69) is 6.08 Å². The minimum atomic E-state index is -0.535. The number of rotatable bonds is 2. The minimum Gasteiger partial charge on any atom is -0.445 e. The van der Waals surface area contributed by atoms with Crippen molar-refractivity contribution in [3.05, 3.63) is 59.2 Å². The molecule has 6 heteroatoms. The van der Waals surface area contributed by atoms with Gasteiger partial charge < -0.3 is 14.4 Å². The van der Waals surface area contributed by atoms with Gasteiger partial charge in [-0.25, -0.2) is 9.59 Å². The smallest absolute Gasteiger partial charge is 0.411 e.